The van der Waals surface area contributed by atoms with Crippen LogP contribution in [-0.2, 0) is 21.0 Å². The van der Waals surface area contributed by atoms with Crippen molar-refractivity contribution in [1.82, 2.24) is 5.32 Å². The minimum absolute atomic E-state index is 0.0436. The lowest BCUT2D eigenvalue weighted by Gasteiger charge is -2.25. The Morgan fingerprint density at radius 2 is 1.71 bits per heavy atom. The van der Waals surface area contributed by atoms with E-state index in [1.165, 1.54) is 30.3 Å². The largest absolute Gasteiger partial charge is 0.416 e. The van der Waals surface area contributed by atoms with Gasteiger partial charge in [-0.2, -0.15) is 13.2 Å². The molecule has 0 saturated heterocycles. The third-order valence-corrected chi connectivity index (χ3v) is 6.38. The Kier molecular flexibility index (Phi) is 8.88. The molecular weight excluding hydrogens is 431 g/mol. The van der Waals surface area contributed by atoms with Gasteiger partial charge in [0.25, 0.3) is 10.0 Å². The minimum Gasteiger partial charge on any atom is -0.354 e. The lowest BCUT2D eigenvalue weighted by Crippen LogP contribution is -2.38. The van der Waals surface area contributed by atoms with E-state index in [0.717, 1.165) is 35.3 Å². The first-order valence-electron chi connectivity index (χ1n) is 9.88. The number of carbonyl (C=O) groups excluding carboxylic acids is 1. The van der Waals surface area contributed by atoms with E-state index in [0.29, 0.717) is 13.0 Å². The number of nitrogens with one attached hydrogen (secondary N) is 1. The number of hydrogen-bond acceptors (Lipinski definition) is 4. The zero-order valence-electron chi connectivity index (χ0n) is 16.9. The molecule has 170 valence electrons. The van der Waals surface area contributed by atoms with Crippen LogP contribution in [0.15, 0.2) is 59.5 Å². The Hall–Kier alpha value is -2.59. The number of amides is 1. The number of carbonyl (C=O) groups is 1. The third-order valence-electron chi connectivity index (χ3n) is 4.54. The summed E-state index contributed by atoms with van der Waals surface area (Å²) in [5.74, 6) is -0.252. The van der Waals surface area contributed by atoms with E-state index in [4.69, 9.17) is 5.73 Å². The fourth-order valence-electron chi connectivity index (χ4n) is 2.94. The molecule has 0 aliphatic heterocycles. The van der Waals surface area contributed by atoms with Crippen LogP contribution in [0.2, 0.25) is 0 Å². The summed E-state index contributed by atoms with van der Waals surface area (Å²) >= 11 is 0. The van der Waals surface area contributed by atoms with Gasteiger partial charge in [-0.25, -0.2) is 8.42 Å². The van der Waals surface area contributed by atoms with Gasteiger partial charge in [-0.3, -0.25) is 9.10 Å². The van der Waals surface area contributed by atoms with E-state index < -0.39 is 21.8 Å². The predicted molar refractivity (Wildman–Crippen MR) is 113 cm³/mol. The number of rotatable bonds is 11. The molecule has 3 N–H and O–H groups in total. The molecule has 0 atom stereocenters. The van der Waals surface area contributed by atoms with Gasteiger partial charge in [0, 0.05) is 13.0 Å². The Balaban J connectivity index is 2.21. The van der Waals surface area contributed by atoms with Gasteiger partial charge in [0.05, 0.1) is 22.7 Å². The number of benzene rings is 2. The molecular formula is C21H26F3N3O3S. The first-order valence-corrected chi connectivity index (χ1v) is 11.3. The zero-order chi connectivity index (χ0) is 22.9. The summed E-state index contributed by atoms with van der Waals surface area (Å²) in [5, 5.41) is 2.63. The fraction of sp³-hybridized carbons (Fsp3) is 0.381. The van der Waals surface area contributed by atoms with Gasteiger partial charge in [0.15, 0.2) is 0 Å². The second-order valence-electron chi connectivity index (χ2n) is 6.89. The van der Waals surface area contributed by atoms with Gasteiger partial charge >= 0.3 is 6.18 Å². The number of sulfonamides is 1. The smallest absolute Gasteiger partial charge is 0.354 e. The monoisotopic (exact) mass is 457 g/mol. The molecule has 2 aromatic rings. The van der Waals surface area contributed by atoms with Crippen LogP contribution in [0.25, 0.3) is 0 Å². The van der Waals surface area contributed by atoms with Crippen LogP contribution in [0.4, 0.5) is 18.9 Å². The van der Waals surface area contributed by atoms with E-state index >= 15 is 0 Å². The lowest BCUT2D eigenvalue weighted by molar-refractivity contribution is -0.137. The van der Waals surface area contributed by atoms with Crippen LogP contribution in [0.1, 0.15) is 31.2 Å². The van der Waals surface area contributed by atoms with Gasteiger partial charge in [-0.15, -0.1) is 0 Å². The van der Waals surface area contributed by atoms with Gasteiger partial charge in [0.2, 0.25) is 5.91 Å². The molecule has 0 aliphatic carbocycles. The molecule has 0 spiro atoms. The SMILES string of the molecule is NCCCCCC(=O)NCCN(c1cccc(C(F)(F)F)c1)S(=O)(=O)c1ccccc1. The van der Waals surface area contributed by atoms with Crippen molar-refractivity contribution in [1.29, 1.82) is 0 Å². The molecule has 2 aromatic carbocycles. The second kappa shape index (κ2) is 11.1. The molecule has 0 bridgehead atoms. The molecule has 0 unspecified atom stereocenters. The highest BCUT2D eigenvalue weighted by atomic mass is 32.2. The van der Waals surface area contributed by atoms with Crippen LogP contribution in [0.3, 0.4) is 0 Å². The van der Waals surface area contributed by atoms with Gasteiger partial charge in [0.1, 0.15) is 0 Å². The third kappa shape index (κ3) is 7.25. The maximum atomic E-state index is 13.1. The summed E-state index contributed by atoms with van der Waals surface area (Å²) in [5.41, 5.74) is 4.32. The molecule has 0 aliphatic rings. The van der Waals surface area contributed by atoms with Gasteiger partial charge in [-0.1, -0.05) is 30.7 Å². The van der Waals surface area contributed by atoms with E-state index in [-0.39, 0.29) is 36.0 Å². The Labute approximate surface area is 180 Å². The highest BCUT2D eigenvalue weighted by Crippen LogP contribution is 2.33. The number of halogens is 3. The number of unbranched alkanes of at least 4 members (excludes halogenated alkanes) is 2. The normalized spacial score (nSPS) is 11.9. The van der Waals surface area contributed by atoms with Crippen molar-refractivity contribution < 1.29 is 26.4 Å². The first kappa shape index (κ1) is 24.7. The minimum atomic E-state index is -4.62. The van der Waals surface area contributed by atoms with Crippen LogP contribution in [-0.4, -0.2) is 34.0 Å². The zero-order valence-corrected chi connectivity index (χ0v) is 17.8. The van der Waals surface area contributed by atoms with Gasteiger partial charge < -0.3 is 11.1 Å². The molecule has 0 fully saturated rings. The van der Waals surface area contributed by atoms with Crippen LogP contribution in [0.5, 0.6) is 0 Å². The summed E-state index contributed by atoms with van der Waals surface area (Å²) in [4.78, 5) is 11.9. The van der Waals surface area contributed by atoms with Crippen molar-refractivity contribution in [2.24, 2.45) is 5.73 Å². The average Bonchev–Trinajstić information content (AvgIpc) is 2.74. The first-order chi connectivity index (χ1) is 14.7. The van der Waals surface area contributed by atoms with Crippen LogP contribution < -0.4 is 15.4 Å². The van der Waals surface area contributed by atoms with Gasteiger partial charge in [-0.05, 0) is 49.7 Å². The number of nitrogens with zero attached hydrogens (tertiary/aromatic N) is 1. The van der Waals surface area contributed by atoms with Crippen LogP contribution >= 0.6 is 0 Å². The van der Waals surface area contributed by atoms with E-state index in [1.807, 2.05) is 0 Å². The van der Waals surface area contributed by atoms with Crippen molar-refractivity contribution in [3.63, 3.8) is 0 Å². The Morgan fingerprint density at radius 1 is 1.00 bits per heavy atom. The maximum Gasteiger partial charge on any atom is 0.416 e. The van der Waals surface area contributed by atoms with Crippen molar-refractivity contribution in [2.45, 2.75) is 36.8 Å². The Morgan fingerprint density at radius 3 is 2.35 bits per heavy atom. The van der Waals surface area contributed by atoms with Crippen molar-refractivity contribution in [3.05, 3.63) is 60.2 Å². The highest BCUT2D eigenvalue weighted by molar-refractivity contribution is 7.92. The Bertz CT molecular complexity index is 951. The number of hydrogen-bond donors (Lipinski definition) is 2. The lowest BCUT2D eigenvalue weighted by atomic mass is 10.2. The summed E-state index contributed by atoms with van der Waals surface area (Å²) in [7, 11) is -4.14. The fourth-order valence-corrected chi connectivity index (χ4v) is 4.42. The molecule has 6 nitrogen and oxygen atoms in total. The molecule has 1 amide bonds. The van der Waals surface area contributed by atoms with E-state index in [9.17, 15) is 26.4 Å². The van der Waals surface area contributed by atoms with E-state index in [2.05, 4.69) is 5.32 Å². The van der Waals surface area contributed by atoms with E-state index in [1.54, 1.807) is 6.07 Å². The summed E-state index contributed by atoms with van der Waals surface area (Å²) in [6.07, 6.45) is -2.07. The number of anilines is 1. The van der Waals surface area contributed by atoms with Crippen molar-refractivity contribution in [3.8, 4) is 0 Å². The molecule has 10 heteroatoms. The number of nitrogens with two attached hydrogens (primary N) is 1. The summed E-state index contributed by atoms with van der Waals surface area (Å²) in [6, 6.07) is 11.5. The topological polar surface area (TPSA) is 92.5 Å². The van der Waals surface area contributed by atoms with Crippen LogP contribution in [0, 0.1) is 0 Å². The highest BCUT2D eigenvalue weighted by Gasteiger charge is 2.32. The molecule has 0 aromatic heterocycles. The molecule has 2 rings (SSSR count). The molecule has 31 heavy (non-hydrogen) atoms. The van der Waals surface area contributed by atoms with Crippen molar-refractivity contribution >= 4 is 21.6 Å². The number of alkyl halides is 3. The second-order valence-corrected chi connectivity index (χ2v) is 8.75. The summed E-state index contributed by atoms with van der Waals surface area (Å²) in [6.45, 7) is 0.288. The standard InChI is InChI=1S/C21H26F3N3O3S/c22-21(23,24)17-8-7-9-18(16-17)27(31(29,30)19-10-3-1-4-11-19)15-14-26-20(28)12-5-2-6-13-25/h1,3-4,7-11,16H,2,5-6,12-15,25H2,(H,26,28). The van der Waals surface area contributed by atoms with Crippen molar-refractivity contribution in [2.75, 3.05) is 23.9 Å². The molecule has 0 saturated carbocycles. The predicted octanol–water partition coefficient (Wildman–Crippen LogP) is 3.54. The average molecular weight is 458 g/mol. The molecule has 0 radical (unpaired) electrons. The quantitative estimate of drug-likeness (QED) is 0.505. The molecule has 0 heterocycles. The maximum absolute atomic E-state index is 13.1. The summed E-state index contributed by atoms with van der Waals surface area (Å²) < 4.78 is 66.6.